The molecule has 1 aliphatic rings. The third kappa shape index (κ3) is 3.84. The van der Waals surface area contributed by atoms with Crippen molar-refractivity contribution in [1.82, 2.24) is 24.9 Å². The van der Waals surface area contributed by atoms with Crippen LogP contribution in [0, 0.1) is 13.8 Å². The second-order valence-electron chi connectivity index (χ2n) is 6.49. The fourth-order valence-corrected chi connectivity index (χ4v) is 3.81. The second-order valence-corrected chi connectivity index (χ2v) is 7.80. The molecule has 0 saturated carbocycles. The predicted octanol–water partition coefficient (Wildman–Crippen LogP) is 2.96. The number of nitrogens with zero attached hydrogens (tertiary/aromatic N) is 6. The van der Waals surface area contributed by atoms with Crippen LogP contribution in [-0.2, 0) is 4.74 Å². The molecule has 1 saturated heterocycles. The Labute approximate surface area is 161 Å². The van der Waals surface area contributed by atoms with E-state index in [4.69, 9.17) is 9.26 Å². The fourth-order valence-electron chi connectivity index (χ4n) is 2.91. The van der Waals surface area contributed by atoms with Gasteiger partial charge in [-0.15, -0.1) is 10.2 Å². The molecule has 1 fully saturated rings. The molecule has 9 heteroatoms. The van der Waals surface area contributed by atoms with Gasteiger partial charge >= 0.3 is 0 Å². The van der Waals surface area contributed by atoms with Gasteiger partial charge < -0.3 is 14.2 Å². The topological polar surface area (TPSA) is 82.1 Å². The van der Waals surface area contributed by atoms with Crippen molar-refractivity contribution in [2.45, 2.75) is 31.2 Å². The van der Waals surface area contributed by atoms with E-state index in [9.17, 15) is 0 Å². The number of thioether (sulfide) groups is 1. The van der Waals surface area contributed by atoms with Gasteiger partial charge in [-0.25, -0.2) is 0 Å². The molecule has 8 nitrogen and oxygen atoms in total. The molecular formula is C18H22N6O2S. The molecule has 1 unspecified atom stereocenters. The second kappa shape index (κ2) is 7.69. The molecule has 0 N–H and O–H groups in total. The minimum Gasteiger partial charge on any atom is -0.378 e. The standard InChI is InChI=1S/C18H22N6O2S/c1-12-4-6-15(7-5-12)24-17(23-8-10-25-11-9-23)20-21-18(24)27-13(2)16-19-14(3)22-26-16/h4-7,13H,8-11H2,1-3H3. The largest absolute Gasteiger partial charge is 0.378 e. The molecule has 0 spiro atoms. The van der Waals surface area contributed by atoms with Crippen molar-refractivity contribution in [3.05, 3.63) is 41.5 Å². The number of rotatable bonds is 5. The van der Waals surface area contributed by atoms with Crippen molar-refractivity contribution in [2.75, 3.05) is 31.2 Å². The van der Waals surface area contributed by atoms with Crippen molar-refractivity contribution in [3.8, 4) is 5.69 Å². The maximum Gasteiger partial charge on any atom is 0.239 e. The van der Waals surface area contributed by atoms with Gasteiger partial charge in [0.25, 0.3) is 0 Å². The van der Waals surface area contributed by atoms with Gasteiger partial charge in [-0.1, -0.05) is 34.6 Å². The number of morpholine rings is 1. The van der Waals surface area contributed by atoms with Crippen LogP contribution in [0.4, 0.5) is 5.95 Å². The summed E-state index contributed by atoms with van der Waals surface area (Å²) in [6.45, 7) is 8.91. The summed E-state index contributed by atoms with van der Waals surface area (Å²) in [4.78, 5) is 6.54. The lowest BCUT2D eigenvalue weighted by atomic mass is 10.2. The van der Waals surface area contributed by atoms with Gasteiger partial charge in [0.1, 0.15) is 0 Å². The highest BCUT2D eigenvalue weighted by molar-refractivity contribution is 7.99. The lowest BCUT2D eigenvalue weighted by molar-refractivity contribution is 0.122. The van der Waals surface area contributed by atoms with E-state index in [-0.39, 0.29) is 5.25 Å². The van der Waals surface area contributed by atoms with Crippen LogP contribution in [0.5, 0.6) is 0 Å². The summed E-state index contributed by atoms with van der Waals surface area (Å²) in [5.74, 6) is 2.05. The quantitative estimate of drug-likeness (QED) is 0.619. The van der Waals surface area contributed by atoms with Crippen LogP contribution in [-0.4, -0.2) is 51.2 Å². The Morgan fingerprint density at radius 2 is 1.81 bits per heavy atom. The van der Waals surface area contributed by atoms with Gasteiger partial charge in [-0.3, -0.25) is 4.57 Å². The van der Waals surface area contributed by atoms with Gasteiger partial charge in [0.2, 0.25) is 11.8 Å². The summed E-state index contributed by atoms with van der Waals surface area (Å²) < 4.78 is 12.9. The van der Waals surface area contributed by atoms with Gasteiger partial charge in [0.15, 0.2) is 11.0 Å². The zero-order valence-corrected chi connectivity index (χ0v) is 16.4. The van der Waals surface area contributed by atoms with E-state index in [2.05, 4.69) is 61.0 Å². The zero-order chi connectivity index (χ0) is 18.8. The summed E-state index contributed by atoms with van der Waals surface area (Å²) in [6.07, 6.45) is 0. The highest BCUT2D eigenvalue weighted by atomic mass is 32.2. The average molecular weight is 386 g/mol. The number of hydrogen-bond acceptors (Lipinski definition) is 8. The van der Waals surface area contributed by atoms with E-state index >= 15 is 0 Å². The Bertz CT molecular complexity index is 901. The first-order valence-corrected chi connectivity index (χ1v) is 9.82. The Kier molecular flexibility index (Phi) is 5.13. The molecule has 0 radical (unpaired) electrons. The molecule has 2 aromatic heterocycles. The van der Waals surface area contributed by atoms with Crippen LogP contribution in [0.25, 0.3) is 5.69 Å². The molecular weight excluding hydrogens is 364 g/mol. The Balaban J connectivity index is 1.70. The molecule has 27 heavy (non-hydrogen) atoms. The maximum absolute atomic E-state index is 5.48. The lowest BCUT2D eigenvalue weighted by Gasteiger charge is -2.28. The molecule has 0 amide bonds. The SMILES string of the molecule is Cc1ccc(-n2c(SC(C)c3nc(C)no3)nnc2N2CCOCC2)cc1. The van der Waals surface area contributed by atoms with Gasteiger partial charge in [-0.2, -0.15) is 4.98 Å². The van der Waals surface area contributed by atoms with E-state index in [1.807, 2.05) is 13.8 Å². The number of ether oxygens (including phenoxy) is 1. The Morgan fingerprint density at radius 1 is 1.07 bits per heavy atom. The molecule has 1 aromatic carbocycles. The molecule has 4 rings (SSSR count). The van der Waals surface area contributed by atoms with E-state index in [1.165, 1.54) is 5.56 Å². The van der Waals surface area contributed by atoms with Crippen LogP contribution in [0.2, 0.25) is 0 Å². The first kappa shape index (κ1) is 18.0. The smallest absolute Gasteiger partial charge is 0.239 e. The van der Waals surface area contributed by atoms with Crippen LogP contribution in [0.3, 0.4) is 0 Å². The van der Waals surface area contributed by atoms with Crippen molar-refractivity contribution < 1.29 is 9.26 Å². The third-order valence-electron chi connectivity index (χ3n) is 4.38. The number of anilines is 1. The van der Waals surface area contributed by atoms with Gasteiger partial charge in [0, 0.05) is 13.1 Å². The fraction of sp³-hybridized carbons (Fsp3) is 0.444. The van der Waals surface area contributed by atoms with E-state index in [1.54, 1.807) is 11.8 Å². The summed E-state index contributed by atoms with van der Waals surface area (Å²) in [5, 5.41) is 13.6. The normalized spacial score (nSPS) is 15.9. The van der Waals surface area contributed by atoms with Crippen LogP contribution in [0.1, 0.15) is 29.5 Å². The first-order valence-electron chi connectivity index (χ1n) is 8.94. The van der Waals surface area contributed by atoms with Crippen molar-refractivity contribution in [1.29, 1.82) is 0 Å². The summed E-state index contributed by atoms with van der Waals surface area (Å²) in [6, 6.07) is 8.37. The number of benzene rings is 1. The van der Waals surface area contributed by atoms with Crippen LogP contribution < -0.4 is 4.90 Å². The van der Waals surface area contributed by atoms with Crippen molar-refractivity contribution >= 4 is 17.7 Å². The van der Waals surface area contributed by atoms with Crippen molar-refractivity contribution in [3.63, 3.8) is 0 Å². The molecule has 1 atom stereocenters. The summed E-state index contributed by atoms with van der Waals surface area (Å²) >= 11 is 1.56. The maximum atomic E-state index is 5.48. The number of hydrogen-bond donors (Lipinski definition) is 0. The Hall–Kier alpha value is -2.39. The lowest BCUT2D eigenvalue weighted by Crippen LogP contribution is -2.37. The highest BCUT2D eigenvalue weighted by Gasteiger charge is 2.24. The monoisotopic (exact) mass is 386 g/mol. The molecule has 1 aliphatic heterocycles. The number of aromatic nitrogens is 5. The molecule has 0 bridgehead atoms. The number of aryl methyl sites for hydroxylation is 2. The van der Waals surface area contributed by atoms with Gasteiger partial charge in [-0.05, 0) is 32.9 Å². The van der Waals surface area contributed by atoms with E-state index in [0.29, 0.717) is 24.9 Å². The van der Waals surface area contributed by atoms with Gasteiger partial charge in [0.05, 0.1) is 24.2 Å². The molecule has 142 valence electrons. The average Bonchev–Trinajstić information content (AvgIpc) is 3.30. The van der Waals surface area contributed by atoms with Crippen LogP contribution >= 0.6 is 11.8 Å². The van der Waals surface area contributed by atoms with Crippen molar-refractivity contribution in [2.24, 2.45) is 0 Å². The summed E-state index contributed by atoms with van der Waals surface area (Å²) in [5.41, 5.74) is 2.24. The third-order valence-corrected chi connectivity index (χ3v) is 5.41. The van der Waals surface area contributed by atoms with Crippen LogP contribution in [0.15, 0.2) is 33.9 Å². The Morgan fingerprint density at radius 3 is 2.48 bits per heavy atom. The highest BCUT2D eigenvalue weighted by Crippen LogP contribution is 2.36. The molecule has 3 heterocycles. The minimum absolute atomic E-state index is 0.0304. The van der Waals surface area contributed by atoms with E-state index < -0.39 is 0 Å². The molecule has 3 aromatic rings. The first-order chi connectivity index (χ1) is 13.1. The van der Waals surface area contributed by atoms with E-state index in [0.717, 1.165) is 29.9 Å². The minimum atomic E-state index is -0.0304. The summed E-state index contributed by atoms with van der Waals surface area (Å²) in [7, 11) is 0. The predicted molar refractivity (Wildman–Crippen MR) is 102 cm³/mol. The zero-order valence-electron chi connectivity index (χ0n) is 15.6. The molecule has 0 aliphatic carbocycles.